The average Bonchev–Trinajstić information content (AvgIpc) is 2.60. The highest BCUT2D eigenvalue weighted by Gasteiger charge is 2.19. The molecule has 1 N–H and O–H groups in total. The molecule has 2 aromatic rings. The summed E-state index contributed by atoms with van der Waals surface area (Å²) in [6, 6.07) is 10.2. The number of rotatable bonds is 7. The summed E-state index contributed by atoms with van der Waals surface area (Å²) in [4.78, 5) is 11.7. The van der Waals surface area contributed by atoms with Crippen LogP contribution >= 0.6 is 0 Å². The van der Waals surface area contributed by atoms with Crippen molar-refractivity contribution in [3.05, 3.63) is 59.4 Å². The molecule has 25 heavy (non-hydrogen) atoms. The van der Waals surface area contributed by atoms with Gasteiger partial charge in [-0.25, -0.2) is 22.3 Å². The summed E-state index contributed by atoms with van der Waals surface area (Å²) < 4.78 is 49.6. The molecule has 0 aliphatic rings. The van der Waals surface area contributed by atoms with Crippen LogP contribution in [0, 0.1) is 12.7 Å². The minimum atomic E-state index is -3.78. The fourth-order valence-corrected chi connectivity index (χ4v) is 2.71. The Balaban J connectivity index is 1.96. The number of carbonyl (C=O) groups is 1. The van der Waals surface area contributed by atoms with Crippen molar-refractivity contribution in [2.45, 2.75) is 11.8 Å². The van der Waals surface area contributed by atoms with E-state index in [0.717, 1.165) is 23.8 Å². The van der Waals surface area contributed by atoms with Crippen molar-refractivity contribution in [3.63, 3.8) is 0 Å². The largest absolute Gasteiger partial charge is 0.490 e. The Morgan fingerprint density at radius 1 is 1.12 bits per heavy atom. The summed E-state index contributed by atoms with van der Waals surface area (Å²) in [6.07, 6.45) is 0. The van der Waals surface area contributed by atoms with Crippen LogP contribution in [0.5, 0.6) is 5.75 Å². The molecule has 0 aliphatic carbocycles. The number of sulfonamides is 1. The Hall–Kier alpha value is -2.45. The van der Waals surface area contributed by atoms with Crippen molar-refractivity contribution in [1.29, 1.82) is 0 Å². The number of benzene rings is 2. The number of esters is 1. The van der Waals surface area contributed by atoms with E-state index in [1.165, 1.54) is 7.05 Å². The molecule has 2 rings (SSSR count). The van der Waals surface area contributed by atoms with Crippen LogP contribution in [0.4, 0.5) is 4.39 Å². The lowest BCUT2D eigenvalue weighted by molar-refractivity contribution is 0.0445. The molecular weight excluding hydrogens is 349 g/mol. The summed E-state index contributed by atoms with van der Waals surface area (Å²) in [6.45, 7) is 1.93. The van der Waals surface area contributed by atoms with E-state index in [9.17, 15) is 17.6 Å². The van der Waals surface area contributed by atoms with Crippen molar-refractivity contribution >= 4 is 16.0 Å². The molecule has 0 aromatic heterocycles. The maximum Gasteiger partial charge on any atom is 0.341 e. The first-order chi connectivity index (χ1) is 11.8. The van der Waals surface area contributed by atoms with Gasteiger partial charge in [0.25, 0.3) is 0 Å². The lowest BCUT2D eigenvalue weighted by Gasteiger charge is -2.09. The van der Waals surface area contributed by atoms with Crippen LogP contribution in [-0.4, -0.2) is 34.6 Å². The SMILES string of the molecule is CNS(=O)(=O)c1ccc(F)c(C(=O)OCCOc2ccc(C)cc2)c1. The highest BCUT2D eigenvalue weighted by molar-refractivity contribution is 7.89. The number of hydrogen-bond acceptors (Lipinski definition) is 5. The number of aryl methyl sites for hydroxylation is 1. The fraction of sp³-hybridized carbons (Fsp3) is 0.235. The summed E-state index contributed by atoms with van der Waals surface area (Å²) in [7, 11) is -2.56. The third-order valence-corrected chi connectivity index (χ3v) is 4.75. The predicted molar refractivity (Wildman–Crippen MR) is 89.6 cm³/mol. The molecule has 0 radical (unpaired) electrons. The second-order valence-electron chi connectivity index (χ2n) is 5.15. The summed E-state index contributed by atoms with van der Waals surface area (Å²) in [5.74, 6) is -1.20. The van der Waals surface area contributed by atoms with Crippen molar-refractivity contribution in [2.75, 3.05) is 20.3 Å². The Kier molecular flexibility index (Phi) is 6.11. The molecule has 0 spiro atoms. The molecule has 134 valence electrons. The number of carbonyl (C=O) groups excluding carboxylic acids is 1. The molecule has 0 amide bonds. The molecule has 8 heteroatoms. The number of nitrogens with one attached hydrogen (secondary N) is 1. The lowest BCUT2D eigenvalue weighted by Crippen LogP contribution is -2.20. The van der Waals surface area contributed by atoms with Crippen LogP contribution in [0.2, 0.25) is 0 Å². The van der Waals surface area contributed by atoms with Crippen molar-refractivity contribution in [3.8, 4) is 5.75 Å². The van der Waals surface area contributed by atoms with Crippen molar-refractivity contribution in [1.82, 2.24) is 4.72 Å². The van der Waals surface area contributed by atoms with Gasteiger partial charge in [0, 0.05) is 0 Å². The molecule has 0 atom stereocenters. The van der Waals surface area contributed by atoms with E-state index in [4.69, 9.17) is 9.47 Å². The van der Waals surface area contributed by atoms with Crippen LogP contribution in [0.1, 0.15) is 15.9 Å². The van der Waals surface area contributed by atoms with Crippen LogP contribution in [-0.2, 0) is 14.8 Å². The van der Waals surface area contributed by atoms with Gasteiger partial charge in [0.05, 0.1) is 10.5 Å². The molecule has 0 bridgehead atoms. The van der Waals surface area contributed by atoms with Crippen LogP contribution in [0.3, 0.4) is 0 Å². The van der Waals surface area contributed by atoms with Gasteiger partial charge in [-0.05, 0) is 44.3 Å². The second-order valence-corrected chi connectivity index (χ2v) is 7.03. The van der Waals surface area contributed by atoms with E-state index in [0.29, 0.717) is 5.75 Å². The molecule has 0 heterocycles. The van der Waals surface area contributed by atoms with E-state index in [1.54, 1.807) is 12.1 Å². The second kappa shape index (κ2) is 8.09. The standard InChI is InChI=1S/C17H18FNO5S/c1-12-3-5-13(6-4-12)23-9-10-24-17(20)15-11-14(7-8-16(15)18)25(21,22)19-2/h3-8,11,19H,9-10H2,1-2H3. The van der Waals surface area contributed by atoms with Gasteiger partial charge in [-0.1, -0.05) is 17.7 Å². The van der Waals surface area contributed by atoms with Crippen LogP contribution in [0.25, 0.3) is 0 Å². The van der Waals surface area contributed by atoms with Crippen LogP contribution < -0.4 is 9.46 Å². The Morgan fingerprint density at radius 2 is 1.80 bits per heavy atom. The zero-order valence-corrected chi connectivity index (χ0v) is 14.6. The molecule has 0 aliphatic heterocycles. The Bertz CT molecular complexity index is 850. The number of halogens is 1. The normalized spacial score (nSPS) is 11.2. The molecule has 6 nitrogen and oxygen atoms in total. The molecule has 0 unspecified atom stereocenters. The highest BCUT2D eigenvalue weighted by Crippen LogP contribution is 2.16. The monoisotopic (exact) mass is 367 g/mol. The molecule has 0 saturated heterocycles. The Labute approximate surface area is 145 Å². The Morgan fingerprint density at radius 3 is 2.44 bits per heavy atom. The van der Waals surface area contributed by atoms with E-state index < -0.39 is 27.4 Å². The summed E-state index contributed by atoms with van der Waals surface area (Å²) in [5, 5.41) is 0. The first kappa shape index (κ1) is 18.9. The highest BCUT2D eigenvalue weighted by atomic mass is 32.2. The van der Waals surface area contributed by atoms with Gasteiger partial charge >= 0.3 is 5.97 Å². The quantitative estimate of drug-likeness (QED) is 0.600. The van der Waals surface area contributed by atoms with Gasteiger partial charge in [0.15, 0.2) is 0 Å². The number of hydrogen-bond donors (Lipinski definition) is 1. The minimum absolute atomic E-state index is 0.0882. The third kappa shape index (κ3) is 5.01. The number of ether oxygens (including phenoxy) is 2. The van der Waals surface area contributed by atoms with Gasteiger partial charge < -0.3 is 9.47 Å². The summed E-state index contributed by atoms with van der Waals surface area (Å²) in [5.41, 5.74) is 0.636. The maximum atomic E-state index is 13.8. The van der Waals surface area contributed by atoms with E-state index >= 15 is 0 Å². The smallest absolute Gasteiger partial charge is 0.341 e. The molecule has 2 aromatic carbocycles. The third-order valence-electron chi connectivity index (χ3n) is 3.34. The average molecular weight is 367 g/mol. The van der Waals surface area contributed by atoms with Gasteiger partial charge in [-0.3, -0.25) is 0 Å². The first-order valence-corrected chi connectivity index (χ1v) is 8.91. The topological polar surface area (TPSA) is 81.7 Å². The van der Waals surface area contributed by atoms with Gasteiger partial charge in [-0.15, -0.1) is 0 Å². The summed E-state index contributed by atoms with van der Waals surface area (Å²) >= 11 is 0. The maximum absolute atomic E-state index is 13.8. The zero-order valence-electron chi connectivity index (χ0n) is 13.8. The minimum Gasteiger partial charge on any atom is -0.490 e. The molecular formula is C17H18FNO5S. The van der Waals surface area contributed by atoms with Crippen molar-refractivity contribution < 1.29 is 27.1 Å². The van der Waals surface area contributed by atoms with E-state index in [1.807, 2.05) is 19.1 Å². The molecule has 0 fully saturated rings. The zero-order chi connectivity index (χ0) is 18.4. The van der Waals surface area contributed by atoms with Gasteiger partial charge in [0.2, 0.25) is 10.0 Å². The van der Waals surface area contributed by atoms with E-state index in [2.05, 4.69) is 4.72 Å². The first-order valence-electron chi connectivity index (χ1n) is 7.43. The molecule has 0 saturated carbocycles. The van der Waals surface area contributed by atoms with Crippen LogP contribution in [0.15, 0.2) is 47.4 Å². The predicted octanol–water partition coefficient (Wildman–Crippen LogP) is 2.28. The lowest BCUT2D eigenvalue weighted by atomic mass is 10.2. The van der Waals surface area contributed by atoms with Gasteiger partial charge in [0.1, 0.15) is 24.8 Å². The van der Waals surface area contributed by atoms with Crippen molar-refractivity contribution in [2.24, 2.45) is 0 Å². The fourth-order valence-electron chi connectivity index (χ4n) is 1.95. The van der Waals surface area contributed by atoms with E-state index in [-0.39, 0.29) is 18.1 Å². The van der Waals surface area contributed by atoms with Gasteiger partial charge in [-0.2, -0.15) is 0 Å².